The van der Waals surface area contributed by atoms with E-state index in [0.29, 0.717) is 0 Å². The van der Waals surface area contributed by atoms with E-state index >= 15 is 0 Å². The number of esters is 5. The van der Waals surface area contributed by atoms with Crippen molar-refractivity contribution in [1.29, 1.82) is 0 Å². The molecule has 3 bridgehead atoms. The lowest BCUT2D eigenvalue weighted by molar-refractivity contribution is -0.274. The number of hydrogen-bond acceptors (Lipinski definition) is 12. The van der Waals surface area contributed by atoms with Crippen LogP contribution in [0.4, 0.5) is 0 Å². The lowest BCUT2D eigenvalue weighted by atomic mass is 9.35. The number of ketones is 1. The van der Waals surface area contributed by atoms with Crippen molar-refractivity contribution < 1.29 is 57.2 Å². The van der Waals surface area contributed by atoms with Crippen LogP contribution in [0.1, 0.15) is 74.7 Å². The first-order valence-corrected chi connectivity index (χ1v) is 14.4. The number of cyclic esters (lactones) is 2. The number of Topliss-reactive ketones (excluding diaryl/α,β-unsaturated/α-hetero) is 1. The fourth-order valence-electron chi connectivity index (χ4n) is 9.40. The van der Waals surface area contributed by atoms with Crippen LogP contribution in [0.15, 0.2) is 23.8 Å². The molecule has 2 saturated carbocycles. The molecular formula is C31H36O12. The van der Waals surface area contributed by atoms with Crippen LogP contribution in [-0.4, -0.2) is 76.3 Å². The van der Waals surface area contributed by atoms with Gasteiger partial charge in [-0.2, -0.15) is 0 Å². The van der Waals surface area contributed by atoms with Gasteiger partial charge in [-0.1, -0.05) is 19.6 Å². The van der Waals surface area contributed by atoms with Crippen molar-refractivity contribution in [1.82, 2.24) is 0 Å². The van der Waals surface area contributed by atoms with E-state index < -0.39 is 92.6 Å². The minimum Gasteiger partial charge on any atom is -0.459 e. The van der Waals surface area contributed by atoms with Crippen molar-refractivity contribution in [2.45, 2.75) is 115 Å². The minimum atomic E-state index is -2.37. The molecule has 6 fully saturated rings. The summed E-state index contributed by atoms with van der Waals surface area (Å²) in [5.41, 5.74) is -12.8. The van der Waals surface area contributed by atoms with Gasteiger partial charge in [-0.15, -0.1) is 0 Å². The smallest absolute Gasteiger partial charge is 0.345 e. The van der Waals surface area contributed by atoms with Crippen molar-refractivity contribution in [2.75, 3.05) is 0 Å². The van der Waals surface area contributed by atoms with Gasteiger partial charge in [0.05, 0.1) is 5.41 Å². The second-order valence-corrected chi connectivity index (χ2v) is 13.5. The molecule has 0 radical (unpaired) electrons. The molecule has 232 valence electrons. The van der Waals surface area contributed by atoms with E-state index in [1.165, 1.54) is 20.8 Å². The van der Waals surface area contributed by atoms with Crippen LogP contribution >= 0.6 is 0 Å². The summed E-state index contributed by atoms with van der Waals surface area (Å²) < 4.78 is 36.4. The normalized spacial score (nSPS) is 47.4. The molecule has 2 aliphatic carbocycles. The largest absolute Gasteiger partial charge is 0.459 e. The highest BCUT2D eigenvalue weighted by atomic mass is 16.7. The van der Waals surface area contributed by atoms with Gasteiger partial charge in [-0.25, -0.2) is 9.59 Å². The van der Waals surface area contributed by atoms with Crippen LogP contribution in [0.5, 0.6) is 0 Å². The maximum atomic E-state index is 14.9. The molecular weight excluding hydrogens is 564 g/mol. The molecule has 2 spiro atoms. The fraction of sp³-hybridized carbons (Fsp3) is 0.677. The number of fused-ring (bicyclic) bond motifs is 1. The standard InChI is InChI=1S/C31H36O12/c1-10-14(2)20(34)40-18-13-28(12-11-19(33)41-25(28,6)7)15(3)30-22(39-17(5)32)26(8)21(35)29(27(18,30)9)23(36)38-16(4)31(29,43-30)24(37)42-26/h10,16,18,22H,3,11-13H2,1-2,4-9H3/b14-10+/t16-,18+,22-,26-,27-,28+,29-,30-,31-/m0/s1. The van der Waals surface area contributed by atoms with Crippen LogP contribution in [0.25, 0.3) is 0 Å². The first-order valence-electron chi connectivity index (χ1n) is 14.4. The zero-order chi connectivity index (χ0) is 31.9. The van der Waals surface area contributed by atoms with E-state index in [0.717, 1.165) is 6.92 Å². The van der Waals surface area contributed by atoms with Gasteiger partial charge in [0.15, 0.2) is 11.5 Å². The summed E-state index contributed by atoms with van der Waals surface area (Å²) in [6.07, 6.45) is -2.66. The molecule has 12 nitrogen and oxygen atoms in total. The van der Waals surface area contributed by atoms with Crippen molar-refractivity contribution in [2.24, 2.45) is 16.2 Å². The molecule has 0 aromatic heterocycles. The third-order valence-electron chi connectivity index (χ3n) is 11.6. The Bertz CT molecular complexity index is 1490. The van der Waals surface area contributed by atoms with Crippen LogP contribution < -0.4 is 0 Å². The Labute approximate surface area is 248 Å². The second-order valence-electron chi connectivity index (χ2n) is 13.5. The quantitative estimate of drug-likeness (QED) is 0.153. The summed E-state index contributed by atoms with van der Waals surface area (Å²) in [5.74, 6) is -4.95. The van der Waals surface area contributed by atoms with Gasteiger partial charge in [0.25, 0.3) is 0 Å². The van der Waals surface area contributed by atoms with Crippen LogP contribution in [0.3, 0.4) is 0 Å². The average Bonchev–Trinajstić information content (AvgIpc) is 3.23. The molecule has 0 aromatic carbocycles. The lowest BCUT2D eigenvalue weighted by Crippen LogP contribution is -2.85. The van der Waals surface area contributed by atoms with E-state index in [1.807, 2.05) is 0 Å². The number of allylic oxidation sites excluding steroid dienone is 1. The number of carbonyl (C=O) groups is 6. The Balaban J connectivity index is 1.76. The molecule has 0 unspecified atom stereocenters. The molecule has 43 heavy (non-hydrogen) atoms. The fourth-order valence-corrected chi connectivity index (χ4v) is 9.40. The van der Waals surface area contributed by atoms with E-state index in [1.54, 1.807) is 33.8 Å². The number of hydrogen-bond donors (Lipinski definition) is 0. The van der Waals surface area contributed by atoms with E-state index in [-0.39, 0.29) is 30.4 Å². The molecule has 9 atom stereocenters. The van der Waals surface area contributed by atoms with Crippen LogP contribution in [0.2, 0.25) is 0 Å². The zero-order valence-corrected chi connectivity index (χ0v) is 25.5. The highest BCUT2D eigenvalue weighted by Gasteiger charge is 3.03. The molecule has 12 heteroatoms. The van der Waals surface area contributed by atoms with E-state index in [9.17, 15) is 28.8 Å². The SMILES string of the molecule is C=C1[C@@]2(CCC(=O)OC2(C)C)C[C@@H](OC(=O)/C(C)=C/C)[C@@]2(C)[C@]34C(=O)O[C@@H](C)[C@@]35O[C@]12[C@@H](OC(C)=O)[C@@](C)(OC5=O)C4=O. The first-order chi connectivity index (χ1) is 19.8. The topological polar surface area (TPSA) is 158 Å². The van der Waals surface area contributed by atoms with Crippen LogP contribution in [-0.2, 0) is 57.2 Å². The Morgan fingerprint density at radius 1 is 0.977 bits per heavy atom. The average molecular weight is 601 g/mol. The van der Waals surface area contributed by atoms with Crippen LogP contribution in [0, 0.1) is 16.2 Å². The predicted octanol–water partition coefficient (Wildman–Crippen LogP) is 2.20. The third-order valence-corrected chi connectivity index (χ3v) is 11.6. The summed E-state index contributed by atoms with van der Waals surface area (Å²) in [5, 5.41) is 0. The van der Waals surface area contributed by atoms with Gasteiger partial charge < -0.3 is 28.4 Å². The van der Waals surface area contributed by atoms with Crippen molar-refractivity contribution in [3.05, 3.63) is 23.8 Å². The molecule has 6 aliphatic rings. The van der Waals surface area contributed by atoms with Gasteiger partial charge in [0.1, 0.15) is 23.4 Å². The van der Waals surface area contributed by atoms with E-state index in [2.05, 4.69) is 6.58 Å². The van der Waals surface area contributed by atoms with Gasteiger partial charge in [0, 0.05) is 24.3 Å². The summed E-state index contributed by atoms with van der Waals surface area (Å²) in [6.45, 7) is 16.4. The molecule has 4 heterocycles. The second kappa shape index (κ2) is 8.13. The lowest BCUT2D eigenvalue weighted by Gasteiger charge is -2.68. The summed E-state index contributed by atoms with van der Waals surface area (Å²) >= 11 is 0. The first kappa shape index (κ1) is 29.5. The van der Waals surface area contributed by atoms with Gasteiger partial charge in [0.2, 0.25) is 17.0 Å². The molecule has 0 amide bonds. The third kappa shape index (κ3) is 2.71. The Morgan fingerprint density at radius 3 is 2.21 bits per heavy atom. The highest BCUT2D eigenvalue weighted by molar-refractivity contribution is 6.21. The Hall–Kier alpha value is -3.54. The van der Waals surface area contributed by atoms with Crippen molar-refractivity contribution in [3.63, 3.8) is 0 Å². The summed E-state index contributed by atoms with van der Waals surface area (Å²) in [6, 6.07) is 0. The van der Waals surface area contributed by atoms with Gasteiger partial charge >= 0.3 is 29.8 Å². The molecule has 4 aliphatic heterocycles. The summed E-state index contributed by atoms with van der Waals surface area (Å²) in [4.78, 5) is 82.1. The highest BCUT2D eigenvalue weighted by Crippen LogP contribution is 2.82. The van der Waals surface area contributed by atoms with Crippen molar-refractivity contribution >= 4 is 35.6 Å². The Morgan fingerprint density at radius 2 is 1.63 bits per heavy atom. The molecule has 0 N–H and O–H groups in total. The number of rotatable bonds is 3. The van der Waals surface area contributed by atoms with Gasteiger partial charge in [-0.05, 0) is 60.0 Å². The number of carbonyl (C=O) groups excluding carboxylic acids is 6. The summed E-state index contributed by atoms with van der Waals surface area (Å²) in [7, 11) is 0. The molecule has 4 saturated heterocycles. The van der Waals surface area contributed by atoms with Gasteiger partial charge in [-0.3, -0.25) is 19.2 Å². The molecule has 6 rings (SSSR count). The monoisotopic (exact) mass is 600 g/mol. The minimum absolute atomic E-state index is 0.0254. The van der Waals surface area contributed by atoms with E-state index in [4.69, 9.17) is 28.4 Å². The van der Waals surface area contributed by atoms with Crippen molar-refractivity contribution in [3.8, 4) is 0 Å². The number of ether oxygens (including phenoxy) is 6. The maximum absolute atomic E-state index is 14.9. The molecule has 0 aromatic rings. The predicted molar refractivity (Wildman–Crippen MR) is 143 cm³/mol. The Kier molecular flexibility index (Phi) is 5.59. The maximum Gasteiger partial charge on any atom is 0.345 e. The zero-order valence-electron chi connectivity index (χ0n) is 25.5.